The van der Waals surface area contributed by atoms with E-state index < -0.39 is 0 Å². The summed E-state index contributed by atoms with van der Waals surface area (Å²) in [4.78, 5) is 15.4. The molecular formula is C22H24N2O3S. The number of carbonyl (C=O) groups is 1. The third-order valence-corrected chi connectivity index (χ3v) is 5.33. The monoisotopic (exact) mass is 396 g/mol. The van der Waals surface area contributed by atoms with Crippen molar-refractivity contribution < 1.29 is 14.6 Å². The third kappa shape index (κ3) is 4.58. The van der Waals surface area contributed by atoms with Crippen LogP contribution < -0.4 is 10.1 Å². The first-order valence-corrected chi connectivity index (χ1v) is 10.1. The Morgan fingerprint density at radius 1 is 1.18 bits per heavy atom. The van der Waals surface area contributed by atoms with Crippen molar-refractivity contribution in [1.29, 1.82) is 0 Å². The lowest BCUT2D eigenvalue weighted by molar-refractivity contribution is -0.117. The van der Waals surface area contributed by atoms with Gasteiger partial charge in [0.2, 0.25) is 5.91 Å². The van der Waals surface area contributed by atoms with Crippen LogP contribution in [0.5, 0.6) is 11.5 Å². The van der Waals surface area contributed by atoms with Gasteiger partial charge in [0, 0.05) is 17.0 Å². The molecule has 0 aromatic heterocycles. The molecule has 0 bridgehead atoms. The summed E-state index contributed by atoms with van der Waals surface area (Å²) in [6.45, 7) is 0.649. The van der Waals surface area contributed by atoms with E-state index in [-0.39, 0.29) is 18.2 Å². The molecule has 0 aliphatic rings. The van der Waals surface area contributed by atoms with Gasteiger partial charge >= 0.3 is 0 Å². The summed E-state index contributed by atoms with van der Waals surface area (Å²) in [7, 11) is 3.48. The number of methoxy groups -OCH3 is 1. The van der Waals surface area contributed by atoms with Crippen LogP contribution in [0.4, 0.5) is 5.69 Å². The number of anilines is 1. The van der Waals surface area contributed by atoms with Crippen LogP contribution in [0.3, 0.4) is 0 Å². The van der Waals surface area contributed by atoms with Crippen molar-refractivity contribution in [2.75, 3.05) is 32.3 Å². The van der Waals surface area contributed by atoms with Gasteiger partial charge in [0.25, 0.3) is 0 Å². The van der Waals surface area contributed by atoms with E-state index in [1.54, 1.807) is 24.9 Å². The summed E-state index contributed by atoms with van der Waals surface area (Å²) in [6, 6.07) is 17.1. The fourth-order valence-corrected chi connectivity index (χ4v) is 3.70. The highest BCUT2D eigenvalue weighted by molar-refractivity contribution is 7.98. The first-order valence-electron chi connectivity index (χ1n) is 8.92. The molecular weight excluding hydrogens is 372 g/mol. The Balaban J connectivity index is 1.75. The number of phenols is 1. The van der Waals surface area contributed by atoms with E-state index in [4.69, 9.17) is 4.74 Å². The Morgan fingerprint density at radius 3 is 2.68 bits per heavy atom. The fourth-order valence-electron chi connectivity index (χ4n) is 3.15. The van der Waals surface area contributed by atoms with Crippen molar-refractivity contribution in [3.8, 4) is 11.5 Å². The lowest BCUT2D eigenvalue weighted by Crippen LogP contribution is -2.30. The summed E-state index contributed by atoms with van der Waals surface area (Å²) in [5, 5.41) is 15.3. The number of phenolic OH excluding ortho intramolecular Hbond substituents is 1. The first-order chi connectivity index (χ1) is 13.5. The molecule has 0 atom stereocenters. The van der Waals surface area contributed by atoms with Gasteiger partial charge in [0.05, 0.1) is 19.3 Å². The number of likely N-dealkylation sites (N-methyl/N-ethyl adjacent to an activating group) is 1. The zero-order valence-corrected chi connectivity index (χ0v) is 17.0. The second-order valence-electron chi connectivity index (χ2n) is 6.57. The number of nitrogens with zero attached hydrogens (tertiary/aromatic N) is 1. The van der Waals surface area contributed by atoms with E-state index >= 15 is 0 Å². The predicted octanol–water partition coefficient (Wildman–Crippen LogP) is 4.35. The molecule has 5 nitrogen and oxygen atoms in total. The minimum absolute atomic E-state index is 0.0960. The van der Waals surface area contributed by atoms with Crippen LogP contribution in [0.15, 0.2) is 59.5 Å². The van der Waals surface area contributed by atoms with Crippen LogP contribution in [0.25, 0.3) is 10.8 Å². The van der Waals surface area contributed by atoms with E-state index in [1.165, 1.54) is 0 Å². The molecule has 0 saturated carbocycles. The number of hydrogen-bond donors (Lipinski definition) is 2. The summed E-state index contributed by atoms with van der Waals surface area (Å²) in [6.07, 6.45) is 1.98. The highest BCUT2D eigenvalue weighted by Gasteiger charge is 2.14. The van der Waals surface area contributed by atoms with Gasteiger partial charge in [0.15, 0.2) is 0 Å². The largest absolute Gasteiger partial charge is 0.508 e. The van der Waals surface area contributed by atoms with Crippen LogP contribution in [0.1, 0.15) is 5.56 Å². The number of fused-ring (bicyclic) bond motifs is 1. The number of benzene rings is 3. The average Bonchev–Trinajstić information content (AvgIpc) is 2.70. The molecule has 28 heavy (non-hydrogen) atoms. The fraction of sp³-hybridized carbons (Fsp3) is 0.227. The lowest BCUT2D eigenvalue weighted by atomic mass is 10.0. The Kier molecular flexibility index (Phi) is 6.44. The van der Waals surface area contributed by atoms with Crippen molar-refractivity contribution in [3.05, 3.63) is 60.2 Å². The zero-order chi connectivity index (χ0) is 20.1. The van der Waals surface area contributed by atoms with E-state index in [2.05, 4.69) is 5.32 Å². The number of para-hydroxylation sites is 1. The number of nitrogens with one attached hydrogen (secondary N) is 1. The minimum Gasteiger partial charge on any atom is -0.508 e. The summed E-state index contributed by atoms with van der Waals surface area (Å²) in [5.74, 6) is 0.843. The zero-order valence-electron chi connectivity index (χ0n) is 16.2. The molecule has 3 rings (SSSR count). The number of amides is 1. The van der Waals surface area contributed by atoms with Gasteiger partial charge in [-0.05, 0) is 54.4 Å². The van der Waals surface area contributed by atoms with Crippen molar-refractivity contribution in [2.24, 2.45) is 0 Å². The second kappa shape index (κ2) is 8.99. The van der Waals surface area contributed by atoms with Gasteiger partial charge in [-0.3, -0.25) is 9.69 Å². The maximum Gasteiger partial charge on any atom is 0.238 e. The van der Waals surface area contributed by atoms with E-state index in [9.17, 15) is 9.90 Å². The van der Waals surface area contributed by atoms with E-state index in [1.807, 2.05) is 66.7 Å². The van der Waals surface area contributed by atoms with Crippen molar-refractivity contribution in [3.63, 3.8) is 0 Å². The number of ether oxygens (including phenoxy) is 1. The highest BCUT2D eigenvalue weighted by atomic mass is 32.2. The molecule has 0 aliphatic carbocycles. The molecule has 3 aromatic carbocycles. The Hall–Kier alpha value is -2.70. The summed E-state index contributed by atoms with van der Waals surface area (Å²) in [5.41, 5.74) is 1.59. The van der Waals surface area contributed by atoms with Gasteiger partial charge in [-0.15, -0.1) is 11.8 Å². The van der Waals surface area contributed by atoms with E-state index in [0.29, 0.717) is 6.54 Å². The highest BCUT2D eigenvalue weighted by Crippen LogP contribution is 2.31. The van der Waals surface area contributed by atoms with Crippen LogP contribution in [0.2, 0.25) is 0 Å². The van der Waals surface area contributed by atoms with Crippen LogP contribution in [-0.2, 0) is 11.3 Å². The number of carbonyl (C=O) groups excluding carboxylic acids is 1. The molecule has 0 aliphatic heterocycles. The maximum absolute atomic E-state index is 12.5. The van der Waals surface area contributed by atoms with Crippen molar-refractivity contribution >= 4 is 34.1 Å². The quantitative estimate of drug-likeness (QED) is 0.582. The molecule has 6 heteroatoms. The van der Waals surface area contributed by atoms with Crippen LogP contribution in [-0.4, -0.2) is 42.9 Å². The molecule has 0 unspecified atom stereocenters. The lowest BCUT2D eigenvalue weighted by Gasteiger charge is -2.19. The van der Waals surface area contributed by atoms with Crippen LogP contribution in [0, 0.1) is 0 Å². The van der Waals surface area contributed by atoms with Crippen molar-refractivity contribution in [2.45, 2.75) is 11.4 Å². The Labute approximate surface area is 169 Å². The molecule has 0 saturated heterocycles. The normalized spacial score (nSPS) is 11.0. The number of aromatic hydroxyl groups is 1. The molecule has 0 spiro atoms. The smallest absolute Gasteiger partial charge is 0.238 e. The van der Waals surface area contributed by atoms with Gasteiger partial charge in [0.1, 0.15) is 11.5 Å². The molecule has 3 aromatic rings. The first kappa shape index (κ1) is 20.0. The van der Waals surface area contributed by atoms with Gasteiger partial charge in [-0.1, -0.05) is 24.3 Å². The van der Waals surface area contributed by atoms with Gasteiger partial charge in [-0.2, -0.15) is 0 Å². The number of thioether (sulfide) groups is 1. The van der Waals surface area contributed by atoms with Gasteiger partial charge in [-0.25, -0.2) is 0 Å². The van der Waals surface area contributed by atoms with E-state index in [0.717, 1.165) is 32.7 Å². The second-order valence-corrected chi connectivity index (χ2v) is 7.42. The Morgan fingerprint density at radius 2 is 1.93 bits per heavy atom. The van der Waals surface area contributed by atoms with Crippen molar-refractivity contribution in [1.82, 2.24) is 4.90 Å². The topological polar surface area (TPSA) is 61.8 Å². The molecule has 0 radical (unpaired) electrons. The summed E-state index contributed by atoms with van der Waals surface area (Å²) < 4.78 is 5.31. The third-order valence-electron chi connectivity index (χ3n) is 4.54. The Bertz CT molecular complexity index is 991. The average molecular weight is 397 g/mol. The summed E-state index contributed by atoms with van der Waals surface area (Å²) >= 11 is 1.59. The molecule has 2 N–H and O–H groups in total. The predicted molar refractivity (Wildman–Crippen MR) is 115 cm³/mol. The van der Waals surface area contributed by atoms with Gasteiger partial charge < -0.3 is 15.2 Å². The van der Waals surface area contributed by atoms with Crippen LogP contribution >= 0.6 is 11.8 Å². The molecule has 146 valence electrons. The molecule has 0 heterocycles. The molecule has 0 fully saturated rings. The standard InChI is InChI=1S/C22H24N2O3S/c1-24(14-22(26)23-19-6-4-5-7-21(19)28-3)13-18-17-12-16(27-2)10-8-15(17)9-11-20(18)25/h4-12,25H,13-14H2,1-3H3,(H,23,26). The number of rotatable bonds is 7. The maximum atomic E-state index is 12.5. The minimum atomic E-state index is -0.0960. The molecule has 1 amide bonds. The SMILES string of the molecule is COc1ccc2ccc(O)c(CN(C)CC(=O)Nc3ccccc3SC)c2c1. The number of hydrogen-bond acceptors (Lipinski definition) is 5.